The van der Waals surface area contributed by atoms with Crippen molar-refractivity contribution in [2.75, 3.05) is 12.4 Å². The fourth-order valence-electron chi connectivity index (χ4n) is 3.14. The van der Waals surface area contributed by atoms with Crippen LogP contribution in [0.3, 0.4) is 0 Å². The minimum Gasteiger partial charge on any atom is -0.392 e. The Bertz CT molecular complexity index is 428. The summed E-state index contributed by atoms with van der Waals surface area (Å²) in [6.07, 6.45) is 3.84. The first kappa shape index (κ1) is 20.5. The van der Waals surface area contributed by atoms with Gasteiger partial charge in [-0.2, -0.15) is 11.8 Å². The van der Waals surface area contributed by atoms with Crippen LogP contribution in [-0.4, -0.2) is 40.3 Å². The Morgan fingerprint density at radius 2 is 2.30 bits per heavy atom. The molecule has 0 saturated heterocycles. The highest BCUT2D eigenvalue weighted by atomic mass is 35.5. The molecule has 0 spiro atoms. The van der Waals surface area contributed by atoms with Gasteiger partial charge in [0.15, 0.2) is 5.78 Å². The predicted molar refractivity (Wildman–Crippen MR) is 98.1 cm³/mol. The second-order valence-corrected chi connectivity index (χ2v) is 8.11. The second-order valence-electron chi connectivity index (χ2n) is 6.14. The zero-order valence-electron chi connectivity index (χ0n) is 14.2. The molecule has 23 heavy (non-hydrogen) atoms. The number of hydrogen-bond acceptors (Lipinski definition) is 5. The third kappa shape index (κ3) is 7.73. The largest absolute Gasteiger partial charge is 0.392 e. The topological polar surface area (TPSA) is 58.9 Å². The zero-order chi connectivity index (χ0) is 17.2. The number of nitrogens with zero attached hydrogens (tertiary/aromatic N) is 1. The number of hydrogen-bond donors (Lipinski definition) is 1. The number of thioether (sulfide) groups is 1. The summed E-state index contributed by atoms with van der Waals surface area (Å²) in [5, 5.41) is 14.6. The number of ketones is 1. The summed E-state index contributed by atoms with van der Waals surface area (Å²) in [4.78, 5) is 17.3. The second kappa shape index (κ2) is 11.1. The van der Waals surface area contributed by atoms with Crippen LogP contribution in [0.15, 0.2) is 16.8 Å². The van der Waals surface area contributed by atoms with Crippen LogP contribution >= 0.6 is 23.4 Å². The Morgan fingerprint density at radius 3 is 2.96 bits per heavy atom. The van der Waals surface area contributed by atoms with Crippen LogP contribution < -0.4 is 0 Å². The van der Waals surface area contributed by atoms with Gasteiger partial charge in [-0.3, -0.25) is 4.79 Å². The average molecular weight is 362 g/mol. The highest BCUT2D eigenvalue weighted by Gasteiger charge is 2.35. The molecule has 4 atom stereocenters. The standard InChI is InChI=1S/C17H28ClNO3S/c1-4-23-13(3)9-14-10-15(17(21)16(20)11-14)8-12(2)19-22-7-5-6-18/h5-6,13-16,20H,4,7-11H2,1-3H3/b6-5+,19-12?. The minimum atomic E-state index is -0.828. The van der Waals surface area contributed by atoms with Crippen molar-refractivity contribution in [3.8, 4) is 0 Å². The van der Waals surface area contributed by atoms with Crippen LogP contribution in [0.1, 0.15) is 46.5 Å². The zero-order valence-corrected chi connectivity index (χ0v) is 15.8. The highest BCUT2D eigenvalue weighted by molar-refractivity contribution is 7.99. The minimum absolute atomic E-state index is 0.0488. The number of aliphatic hydroxyl groups is 1. The molecule has 132 valence electrons. The van der Waals surface area contributed by atoms with E-state index in [1.807, 2.05) is 18.7 Å². The summed E-state index contributed by atoms with van der Waals surface area (Å²) in [5.41, 5.74) is 2.15. The summed E-state index contributed by atoms with van der Waals surface area (Å²) >= 11 is 7.33. The first-order valence-electron chi connectivity index (χ1n) is 8.21. The Hall–Kier alpha value is -0.520. The number of oxime groups is 1. The van der Waals surface area contributed by atoms with Gasteiger partial charge in [-0.25, -0.2) is 0 Å². The maximum atomic E-state index is 12.2. The SMILES string of the molecule is CCSC(C)CC1CC(O)C(=O)C(CC(C)=NOC/C=C/Cl)C1. The van der Waals surface area contributed by atoms with E-state index in [0.29, 0.717) is 30.6 Å². The van der Waals surface area contributed by atoms with Crippen molar-refractivity contribution in [1.29, 1.82) is 0 Å². The van der Waals surface area contributed by atoms with Crippen molar-refractivity contribution in [2.24, 2.45) is 17.0 Å². The summed E-state index contributed by atoms with van der Waals surface area (Å²) < 4.78 is 0. The van der Waals surface area contributed by atoms with E-state index in [4.69, 9.17) is 16.4 Å². The number of Topliss-reactive ketones (excluding diaryl/α,β-unsaturated/α-hetero) is 1. The van der Waals surface area contributed by atoms with Gasteiger partial charge in [0, 0.05) is 16.7 Å². The van der Waals surface area contributed by atoms with E-state index in [2.05, 4.69) is 19.0 Å². The monoisotopic (exact) mass is 361 g/mol. The lowest BCUT2D eigenvalue weighted by molar-refractivity contribution is -0.135. The molecule has 1 aliphatic carbocycles. The third-order valence-corrected chi connectivity index (χ3v) is 5.32. The maximum absolute atomic E-state index is 12.2. The van der Waals surface area contributed by atoms with Gasteiger partial charge >= 0.3 is 0 Å². The Balaban J connectivity index is 2.56. The van der Waals surface area contributed by atoms with Gasteiger partial charge in [0.25, 0.3) is 0 Å². The Morgan fingerprint density at radius 1 is 1.57 bits per heavy atom. The third-order valence-electron chi connectivity index (χ3n) is 4.04. The van der Waals surface area contributed by atoms with E-state index < -0.39 is 6.10 Å². The predicted octanol–water partition coefficient (Wildman–Crippen LogP) is 4.01. The molecule has 6 heteroatoms. The molecule has 0 heterocycles. The molecule has 1 rings (SSSR count). The maximum Gasteiger partial charge on any atom is 0.164 e. The first-order valence-corrected chi connectivity index (χ1v) is 9.70. The van der Waals surface area contributed by atoms with E-state index in [-0.39, 0.29) is 11.7 Å². The van der Waals surface area contributed by atoms with Crippen LogP contribution in [-0.2, 0) is 9.63 Å². The molecule has 0 aliphatic heterocycles. The molecule has 1 aliphatic rings. The van der Waals surface area contributed by atoms with E-state index in [1.165, 1.54) is 5.54 Å². The van der Waals surface area contributed by atoms with Gasteiger partial charge in [-0.15, -0.1) is 0 Å². The van der Waals surface area contributed by atoms with Crippen molar-refractivity contribution < 1.29 is 14.7 Å². The van der Waals surface area contributed by atoms with Crippen molar-refractivity contribution in [3.05, 3.63) is 11.6 Å². The number of halogens is 1. The van der Waals surface area contributed by atoms with Crippen molar-refractivity contribution >= 4 is 34.9 Å². The van der Waals surface area contributed by atoms with Crippen molar-refractivity contribution in [3.63, 3.8) is 0 Å². The lowest BCUT2D eigenvalue weighted by atomic mass is 9.75. The van der Waals surface area contributed by atoms with Crippen LogP contribution in [0.2, 0.25) is 0 Å². The quantitative estimate of drug-likeness (QED) is 0.383. The van der Waals surface area contributed by atoms with E-state index in [9.17, 15) is 9.90 Å². The summed E-state index contributed by atoms with van der Waals surface area (Å²) in [6, 6.07) is 0. The summed E-state index contributed by atoms with van der Waals surface area (Å²) in [6.45, 7) is 6.54. The molecule has 0 aromatic heterocycles. The van der Waals surface area contributed by atoms with Crippen LogP contribution in [0.5, 0.6) is 0 Å². The van der Waals surface area contributed by atoms with E-state index >= 15 is 0 Å². The van der Waals surface area contributed by atoms with Gasteiger partial charge in [0.2, 0.25) is 0 Å². The molecule has 4 nitrogen and oxygen atoms in total. The van der Waals surface area contributed by atoms with Crippen LogP contribution in [0.4, 0.5) is 0 Å². The smallest absolute Gasteiger partial charge is 0.164 e. The lowest BCUT2D eigenvalue weighted by Crippen LogP contribution is -2.38. The van der Waals surface area contributed by atoms with Crippen LogP contribution in [0, 0.1) is 11.8 Å². The van der Waals surface area contributed by atoms with E-state index in [0.717, 1.165) is 24.3 Å². The molecule has 0 radical (unpaired) electrons. The number of aliphatic hydroxyl groups excluding tert-OH is 1. The number of carbonyl (C=O) groups excluding carboxylic acids is 1. The molecule has 0 aromatic rings. The van der Waals surface area contributed by atoms with Gasteiger partial charge in [0.1, 0.15) is 12.7 Å². The normalized spacial score (nSPS) is 27.4. The highest BCUT2D eigenvalue weighted by Crippen LogP contribution is 2.34. The van der Waals surface area contributed by atoms with Crippen molar-refractivity contribution in [1.82, 2.24) is 0 Å². The molecule has 0 amide bonds. The molecule has 1 N–H and O–H groups in total. The Labute approximate surface area is 148 Å². The molecule has 0 aromatic carbocycles. The molecule has 4 unspecified atom stereocenters. The summed E-state index contributed by atoms with van der Waals surface area (Å²) in [5.74, 6) is 1.29. The molecule has 1 fully saturated rings. The summed E-state index contributed by atoms with van der Waals surface area (Å²) in [7, 11) is 0. The number of carbonyl (C=O) groups is 1. The van der Waals surface area contributed by atoms with Gasteiger partial charge in [-0.1, -0.05) is 30.6 Å². The molecule has 0 bridgehead atoms. The number of rotatable bonds is 9. The molecular formula is C17H28ClNO3S. The molecular weight excluding hydrogens is 334 g/mol. The first-order chi connectivity index (χ1) is 11.0. The Kier molecular flexibility index (Phi) is 9.91. The fraction of sp³-hybridized carbons (Fsp3) is 0.765. The van der Waals surface area contributed by atoms with Crippen molar-refractivity contribution in [2.45, 2.75) is 57.8 Å². The van der Waals surface area contributed by atoms with Gasteiger partial charge in [-0.05, 0) is 50.4 Å². The lowest BCUT2D eigenvalue weighted by Gasteiger charge is -2.32. The fourth-order valence-corrected chi connectivity index (χ4v) is 4.19. The molecule has 1 saturated carbocycles. The average Bonchev–Trinajstić information content (AvgIpc) is 2.49. The van der Waals surface area contributed by atoms with Gasteiger partial charge < -0.3 is 9.94 Å². The van der Waals surface area contributed by atoms with Crippen LogP contribution in [0.25, 0.3) is 0 Å². The van der Waals surface area contributed by atoms with E-state index in [1.54, 1.807) is 6.08 Å². The van der Waals surface area contributed by atoms with Gasteiger partial charge in [0.05, 0.1) is 5.71 Å².